The Balaban J connectivity index is 0.00000306. The van der Waals surface area contributed by atoms with Crippen LogP contribution in [0, 0.1) is 6.92 Å². The quantitative estimate of drug-likeness (QED) is 0.572. The maximum Gasteiger partial charge on any atom is 0.273 e. The van der Waals surface area contributed by atoms with E-state index in [2.05, 4.69) is 38.1 Å². The SMILES string of the molecule is Cc1cc(-c2ccncc2OC2CCNC2)ccc1CNC(=O)c1cn(C(C)(C)C)nn1.Cl. The number of benzene rings is 1. The topological polar surface area (TPSA) is 94.0 Å². The summed E-state index contributed by atoms with van der Waals surface area (Å²) in [4.78, 5) is 16.8. The van der Waals surface area contributed by atoms with Crippen LogP contribution in [0.1, 0.15) is 48.8 Å². The summed E-state index contributed by atoms with van der Waals surface area (Å²) in [5.41, 5.74) is 4.31. The van der Waals surface area contributed by atoms with E-state index in [-0.39, 0.29) is 30.0 Å². The van der Waals surface area contributed by atoms with E-state index in [1.165, 1.54) is 0 Å². The summed E-state index contributed by atoms with van der Waals surface area (Å²) in [7, 11) is 0. The van der Waals surface area contributed by atoms with Crippen molar-refractivity contribution in [3.63, 3.8) is 0 Å². The average molecular weight is 471 g/mol. The summed E-state index contributed by atoms with van der Waals surface area (Å²) in [5.74, 6) is 0.558. The monoisotopic (exact) mass is 470 g/mol. The molecule has 3 heterocycles. The number of hydrogen-bond acceptors (Lipinski definition) is 6. The molecule has 176 valence electrons. The molecule has 0 saturated carbocycles. The predicted octanol–water partition coefficient (Wildman–Crippen LogP) is 3.50. The van der Waals surface area contributed by atoms with Gasteiger partial charge in [-0.25, -0.2) is 4.68 Å². The van der Waals surface area contributed by atoms with Gasteiger partial charge in [0.05, 0.1) is 17.9 Å². The molecule has 9 heteroatoms. The number of halogens is 1. The fourth-order valence-corrected chi connectivity index (χ4v) is 3.64. The Morgan fingerprint density at radius 1 is 1.30 bits per heavy atom. The van der Waals surface area contributed by atoms with Crippen LogP contribution >= 0.6 is 12.4 Å². The first-order valence-electron chi connectivity index (χ1n) is 10.9. The number of ether oxygens (including phenoxy) is 1. The molecule has 1 aliphatic heterocycles. The summed E-state index contributed by atoms with van der Waals surface area (Å²) in [6.45, 7) is 10.3. The minimum absolute atomic E-state index is 0. The van der Waals surface area contributed by atoms with Gasteiger partial charge in [0.1, 0.15) is 11.9 Å². The van der Waals surface area contributed by atoms with E-state index in [1.807, 2.05) is 39.8 Å². The lowest BCUT2D eigenvalue weighted by Crippen LogP contribution is -2.24. The molecule has 4 rings (SSSR count). The molecule has 1 aromatic carbocycles. The third kappa shape index (κ3) is 5.89. The van der Waals surface area contributed by atoms with Gasteiger partial charge < -0.3 is 15.4 Å². The summed E-state index contributed by atoms with van der Waals surface area (Å²) >= 11 is 0. The van der Waals surface area contributed by atoms with Gasteiger partial charge in [-0.2, -0.15) is 0 Å². The zero-order chi connectivity index (χ0) is 22.7. The highest BCUT2D eigenvalue weighted by Gasteiger charge is 2.19. The number of hydrogen-bond donors (Lipinski definition) is 2. The first-order valence-corrected chi connectivity index (χ1v) is 10.9. The summed E-state index contributed by atoms with van der Waals surface area (Å²) in [5, 5.41) is 14.3. The van der Waals surface area contributed by atoms with Gasteiger partial charge in [-0.05, 0) is 63.4 Å². The van der Waals surface area contributed by atoms with Gasteiger partial charge in [0.2, 0.25) is 0 Å². The Hall–Kier alpha value is -2.97. The molecule has 1 fully saturated rings. The summed E-state index contributed by atoms with van der Waals surface area (Å²) in [6, 6.07) is 8.19. The van der Waals surface area contributed by atoms with Gasteiger partial charge >= 0.3 is 0 Å². The fraction of sp³-hybridized carbons (Fsp3) is 0.417. The van der Waals surface area contributed by atoms with E-state index < -0.39 is 0 Å². The van der Waals surface area contributed by atoms with Crippen molar-refractivity contribution in [1.29, 1.82) is 0 Å². The van der Waals surface area contributed by atoms with Crippen molar-refractivity contribution < 1.29 is 9.53 Å². The van der Waals surface area contributed by atoms with Crippen LogP contribution in [0.3, 0.4) is 0 Å². The molecule has 8 nitrogen and oxygen atoms in total. The Labute approximate surface area is 200 Å². The molecule has 0 bridgehead atoms. The van der Waals surface area contributed by atoms with E-state index in [9.17, 15) is 4.79 Å². The van der Waals surface area contributed by atoms with Crippen LogP contribution in [0.4, 0.5) is 0 Å². The molecule has 1 saturated heterocycles. The van der Waals surface area contributed by atoms with Crippen molar-refractivity contribution in [3.8, 4) is 16.9 Å². The van der Waals surface area contributed by atoms with Gasteiger partial charge in [0.25, 0.3) is 5.91 Å². The molecule has 33 heavy (non-hydrogen) atoms. The normalized spacial score (nSPS) is 15.7. The Morgan fingerprint density at radius 3 is 2.79 bits per heavy atom. The van der Waals surface area contributed by atoms with E-state index in [4.69, 9.17) is 4.74 Å². The van der Waals surface area contributed by atoms with Crippen LogP contribution in [-0.2, 0) is 12.1 Å². The van der Waals surface area contributed by atoms with E-state index in [0.717, 1.165) is 47.5 Å². The number of aromatic nitrogens is 4. The fourth-order valence-electron chi connectivity index (χ4n) is 3.64. The van der Waals surface area contributed by atoms with Crippen LogP contribution in [0.25, 0.3) is 11.1 Å². The van der Waals surface area contributed by atoms with Crippen LogP contribution in [0.2, 0.25) is 0 Å². The van der Waals surface area contributed by atoms with Gasteiger partial charge in [-0.1, -0.05) is 23.4 Å². The largest absolute Gasteiger partial charge is 0.487 e. The molecule has 2 aromatic heterocycles. The zero-order valence-electron chi connectivity index (χ0n) is 19.5. The molecule has 0 radical (unpaired) electrons. The molecule has 0 aliphatic carbocycles. The lowest BCUT2D eigenvalue weighted by Gasteiger charge is -2.17. The number of amides is 1. The van der Waals surface area contributed by atoms with Crippen molar-refractivity contribution >= 4 is 18.3 Å². The van der Waals surface area contributed by atoms with Gasteiger partial charge in [-0.15, -0.1) is 17.5 Å². The van der Waals surface area contributed by atoms with Gasteiger partial charge in [-0.3, -0.25) is 9.78 Å². The zero-order valence-corrected chi connectivity index (χ0v) is 20.3. The number of pyridine rings is 1. The number of carbonyl (C=O) groups is 1. The van der Waals surface area contributed by atoms with Crippen LogP contribution in [-0.4, -0.2) is 45.1 Å². The number of aryl methyl sites for hydroxylation is 1. The van der Waals surface area contributed by atoms with Crippen LogP contribution < -0.4 is 15.4 Å². The van der Waals surface area contributed by atoms with Crippen molar-refractivity contribution in [1.82, 2.24) is 30.6 Å². The van der Waals surface area contributed by atoms with Gasteiger partial charge in [0, 0.05) is 24.8 Å². The van der Waals surface area contributed by atoms with E-state index in [0.29, 0.717) is 12.2 Å². The minimum Gasteiger partial charge on any atom is -0.487 e. The smallest absolute Gasteiger partial charge is 0.273 e. The van der Waals surface area contributed by atoms with E-state index in [1.54, 1.807) is 23.3 Å². The van der Waals surface area contributed by atoms with Crippen LogP contribution in [0.15, 0.2) is 42.9 Å². The third-order valence-electron chi connectivity index (χ3n) is 5.60. The summed E-state index contributed by atoms with van der Waals surface area (Å²) in [6.07, 6.45) is 6.40. The molecular formula is C24H31ClN6O2. The van der Waals surface area contributed by atoms with Crippen molar-refractivity contribution in [2.75, 3.05) is 13.1 Å². The van der Waals surface area contributed by atoms with Crippen LogP contribution in [0.5, 0.6) is 5.75 Å². The molecule has 1 atom stereocenters. The molecule has 1 aliphatic rings. The lowest BCUT2D eigenvalue weighted by molar-refractivity contribution is 0.0945. The predicted molar refractivity (Wildman–Crippen MR) is 130 cm³/mol. The highest BCUT2D eigenvalue weighted by Crippen LogP contribution is 2.31. The first kappa shape index (κ1) is 24.7. The maximum atomic E-state index is 12.5. The Kier molecular flexibility index (Phi) is 7.71. The number of carbonyl (C=O) groups excluding carboxylic acids is 1. The third-order valence-corrected chi connectivity index (χ3v) is 5.60. The van der Waals surface area contributed by atoms with Crippen molar-refractivity contribution in [2.45, 2.75) is 52.3 Å². The first-order chi connectivity index (χ1) is 15.3. The molecule has 2 N–H and O–H groups in total. The second-order valence-electron chi connectivity index (χ2n) is 9.15. The van der Waals surface area contributed by atoms with Crippen molar-refractivity contribution in [3.05, 3.63) is 59.7 Å². The van der Waals surface area contributed by atoms with Crippen molar-refractivity contribution in [2.24, 2.45) is 0 Å². The standard InChI is InChI=1S/C24H30N6O2.ClH/c1-16-11-17(20-8-10-26-14-22(20)32-19-7-9-25-13-19)5-6-18(16)12-27-23(31)21-15-30(29-28-21)24(2,3)4;/h5-6,8,10-11,14-15,19,25H,7,9,12-13H2,1-4H3,(H,27,31);1H. The van der Waals surface area contributed by atoms with Gasteiger partial charge in [0.15, 0.2) is 5.69 Å². The highest BCUT2D eigenvalue weighted by molar-refractivity contribution is 5.91. The minimum atomic E-state index is -0.237. The highest BCUT2D eigenvalue weighted by atomic mass is 35.5. The Bertz CT molecular complexity index is 1100. The lowest BCUT2D eigenvalue weighted by atomic mass is 10.00. The molecule has 1 amide bonds. The number of nitrogens with one attached hydrogen (secondary N) is 2. The second-order valence-corrected chi connectivity index (χ2v) is 9.15. The average Bonchev–Trinajstić information content (AvgIpc) is 3.45. The molecule has 3 aromatic rings. The maximum absolute atomic E-state index is 12.5. The Morgan fingerprint density at radius 2 is 2.12 bits per heavy atom. The molecular weight excluding hydrogens is 440 g/mol. The number of nitrogens with zero attached hydrogens (tertiary/aromatic N) is 4. The molecule has 0 spiro atoms. The molecule has 1 unspecified atom stereocenters. The second kappa shape index (κ2) is 10.3. The number of rotatable bonds is 6. The summed E-state index contributed by atoms with van der Waals surface area (Å²) < 4.78 is 7.88. The van der Waals surface area contributed by atoms with E-state index >= 15 is 0 Å².